The van der Waals surface area contributed by atoms with Gasteiger partial charge in [0, 0.05) is 18.8 Å². The third-order valence-electron chi connectivity index (χ3n) is 2.00. The summed E-state index contributed by atoms with van der Waals surface area (Å²) in [5.74, 6) is 1.14. The van der Waals surface area contributed by atoms with Crippen LogP contribution in [0.4, 0.5) is 0 Å². The van der Waals surface area contributed by atoms with Crippen molar-refractivity contribution in [3.05, 3.63) is 18.2 Å². The molecule has 2 heterocycles. The minimum absolute atomic E-state index is 0.317. The molecular formula is C10H12N4O2. The van der Waals surface area contributed by atoms with Crippen molar-refractivity contribution in [2.45, 2.75) is 19.8 Å². The maximum absolute atomic E-state index is 5.09. The monoisotopic (exact) mass is 220 g/mol. The summed E-state index contributed by atoms with van der Waals surface area (Å²) in [7, 11) is 1.51. The molecule has 0 aliphatic rings. The van der Waals surface area contributed by atoms with E-state index in [1.807, 2.05) is 0 Å². The van der Waals surface area contributed by atoms with Gasteiger partial charge in [0.05, 0.1) is 12.7 Å². The maximum Gasteiger partial charge on any atom is 0.316 e. The van der Waals surface area contributed by atoms with Gasteiger partial charge in [0.15, 0.2) is 5.82 Å². The third-order valence-corrected chi connectivity index (χ3v) is 2.00. The molecule has 0 aromatic carbocycles. The smallest absolute Gasteiger partial charge is 0.316 e. The first-order valence-corrected chi connectivity index (χ1v) is 5.02. The molecule has 0 aliphatic carbocycles. The van der Waals surface area contributed by atoms with Crippen molar-refractivity contribution < 1.29 is 9.26 Å². The molecule has 0 unspecified atom stereocenters. The Bertz CT molecular complexity index is 452. The summed E-state index contributed by atoms with van der Waals surface area (Å²) >= 11 is 0. The van der Waals surface area contributed by atoms with E-state index in [4.69, 9.17) is 9.26 Å². The van der Waals surface area contributed by atoms with Gasteiger partial charge in [0.1, 0.15) is 0 Å². The molecule has 0 saturated carbocycles. The number of ether oxygens (including phenoxy) is 1. The molecule has 2 aromatic heterocycles. The van der Waals surface area contributed by atoms with Crippen LogP contribution in [0.25, 0.3) is 11.5 Å². The van der Waals surface area contributed by atoms with Crippen LogP contribution in [0.5, 0.6) is 6.01 Å². The number of hydrogen-bond acceptors (Lipinski definition) is 6. The quantitative estimate of drug-likeness (QED) is 0.777. The Morgan fingerprint density at radius 2 is 2.06 bits per heavy atom. The van der Waals surface area contributed by atoms with Gasteiger partial charge < -0.3 is 9.26 Å². The molecule has 0 aliphatic heterocycles. The van der Waals surface area contributed by atoms with E-state index in [0.717, 1.165) is 12.8 Å². The molecule has 16 heavy (non-hydrogen) atoms. The fourth-order valence-corrected chi connectivity index (χ4v) is 1.23. The lowest BCUT2D eigenvalue weighted by Crippen LogP contribution is -1.91. The van der Waals surface area contributed by atoms with Gasteiger partial charge in [-0.05, 0) is 6.42 Å². The largest absolute Gasteiger partial charge is 0.467 e. The Kier molecular flexibility index (Phi) is 3.09. The summed E-state index contributed by atoms with van der Waals surface area (Å²) in [6.45, 7) is 2.06. The topological polar surface area (TPSA) is 73.9 Å². The highest BCUT2D eigenvalue weighted by Gasteiger charge is 2.09. The fourth-order valence-electron chi connectivity index (χ4n) is 1.23. The first kappa shape index (κ1) is 10.5. The van der Waals surface area contributed by atoms with Crippen LogP contribution in [0.2, 0.25) is 0 Å². The Balaban J connectivity index is 2.21. The molecule has 2 rings (SSSR count). The summed E-state index contributed by atoms with van der Waals surface area (Å²) in [5.41, 5.74) is 0.690. The summed E-state index contributed by atoms with van der Waals surface area (Å²) in [4.78, 5) is 12.2. The minimum atomic E-state index is 0.317. The lowest BCUT2D eigenvalue weighted by atomic mass is 10.3. The fraction of sp³-hybridized carbons (Fsp3) is 0.400. The Hall–Kier alpha value is -1.98. The molecule has 0 saturated heterocycles. The summed E-state index contributed by atoms with van der Waals surface area (Å²) in [6, 6.07) is 0.317. The zero-order valence-corrected chi connectivity index (χ0v) is 9.17. The van der Waals surface area contributed by atoms with Gasteiger partial charge in [0.2, 0.25) is 0 Å². The Morgan fingerprint density at radius 3 is 2.69 bits per heavy atom. The second-order valence-electron chi connectivity index (χ2n) is 3.22. The molecule has 6 nitrogen and oxygen atoms in total. The van der Waals surface area contributed by atoms with Gasteiger partial charge >= 0.3 is 6.01 Å². The first-order valence-electron chi connectivity index (χ1n) is 5.02. The van der Waals surface area contributed by atoms with Gasteiger partial charge in [-0.2, -0.15) is 4.98 Å². The van der Waals surface area contributed by atoms with Crippen molar-refractivity contribution in [3.8, 4) is 17.5 Å². The maximum atomic E-state index is 5.09. The van der Waals surface area contributed by atoms with Crippen LogP contribution in [0.15, 0.2) is 16.9 Å². The average Bonchev–Trinajstić information content (AvgIpc) is 2.78. The molecule has 0 fully saturated rings. The molecule has 84 valence electrons. The predicted molar refractivity (Wildman–Crippen MR) is 55.9 cm³/mol. The molecule has 6 heteroatoms. The number of aromatic nitrogens is 4. The summed E-state index contributed by atoms with van der Waals surface area (Å²) in [6.07, 6.45) is 4.97. The number of aryl methyl sites for hydroxylation is 1. The Morgan fingerprint density at radius 1 is 1.31 bits per heavy atom. The van der Waals surface area contributed by atoms with E-state index in [1.165, 1.54) is 7.11 Å². The number of hydrogen-bond donors (Lipinski definition) is 0. The zero-order chi connectivity index (χ0) is 11.4. The lowest BCUT2D eigenvalue weighted by Gasteiger charge is -1.96. The van der Waals surface area contributed by atoms with Crippen LogP contribution in [0, 0.1) is 0 Å². The highest BCUT2D eigenvalue weighted by atomic mass is 16.5. The van der Waals surface area contributed by atoms with E-state index < -0.39 is 0 Å². The normalized spacial score (nSPS) is 10.4. The van der Waals surface area contributed by atoms with Crippen molar-refractivity contribution in [1.82, 2.24) is 20.1 Å². The molecule has 0 N–H and O–H groups in total. The highest BCUT2D eigenvalue weighted by molar-refractivity contribution is 5.49. The first-order chi connectivity index (χ1) is 7.83. The lowest BCUT2D eigenvalue weighted by molar-refractivity contribution is 0.379. The third kappa shape index (κ3) is 2.16. The summed E-state index contributed by atoms with van der Waals surface area (Å²) < 4.78 is 9.95. The van der Waals surface area contributed by atoms with Gasteiger partial charge in [0.25, 0.3) is 5.89 Å². The van der Waals surface area contributed by atoms with Crippen molar-refractivity contribution >= 4 is 0 Å². The second-order valence-corrected chi connectivity index (χ2v) is 3.22. The van der Waals surface area contributed by atoms with Crippen LogP contribution >= 0.6 is 0 Å². The number of methoxy groups -OCH3 is 1. The molecule has 0 bridgehead atoms. The Labute approximate surface area is 92.7 Å². The average molecular weight is 220 g/mol. The molecule has 0 atom stereocenters. The van der Waals surface area contributed by atoms with Crippen molar-refractivity contribution in [1.29, 1.82) is 0 Å². The highest BCUT2D eigenvalue weighted by Crippen LogP contribution is 2.16. The van der Waals surface area contributed by atoms with Crippen LogP contribution in [0.3, 0.4) is 0 Å². The number of nitrogens with zero attached hydrogens (tertiary/aromatic N) is 4. The molecule has 2 aromatic rings. The zero-order valence-electron chi connectivity index (χ0n) is 9.17. The van der Waals surface area contributed by atoms with Crippen LogP contribution < -0.4 is 4.74 Å². The van der Waals surface area contributed by atoms with Crippen LogP contribution in [-0.4, -0.2) is 27.2 Å². The standard InChI is InChI=1S/C10H12N4O2/c1-3-4-8-13-9(16-14-8)7-5-11-10(15-2)12-6-7/h5-6H,3-4H2,1-2H3. The van der Waals surface area contributed by atoms with E-state index >= 15 is 0 Å². The van der Waals surface area contributed by atoms with E-state index in [-0.39, 0.29) is 0 Å². The van der Waals surface area contributed by atoms with Gasteiger partial charge in [-0.1, -0.05) is 12.1 Å². The van der Waals surface area contributed by atoms with E-state index in [2.05, 4.69) is 27.0 Å². The van der Waals surface area contributed by atoms with Gasteiger partial charge in [-0.15, -0.1) is 0 Å². The molecular weight excluding hydrogens is 208 g/mol. The van der Waals surface area contributed by atoms with Crippen LogP contribution in [-0.2, 0) is 6.42 Å². The SMILES string of the molecule is CCCc1noc(-c2cnc(OC)nc2)n1. The predicted octanol–water partition coefficient (Wildman–Crippen LogP) is 1.49. The van der Waals surface area contributed by atoms with Crippen molar-refractivity contribution in [3.63, 3.8) is 0 Å². The second kappa shape index (κ2) is 4.69. The molecule has 0 amide bonds. The summed E-state index contributed by atoms with van der Waals surface area (Å²) in [5, 5.41) is 3.85. The van der Waals surface area contributed by atoms with Gasteiger partial charge in [-0.3, -0.25) is 0 Å². The minimum Gasteiger partial charge on any atom is -0.467 e. The van der Waals surface area contributed by atoms with Crippen molar-refractivity contribution in [2.75, 3.05) is 7.11 Å². The van der Waals surface area contributed by atoms with E-state index in [1.54, 1.807) is 12.4 Å². The van der Waals surface area contributed by atoms with Crippen LogP contribution in [0.1, 0.15) is 19.2 Å². The van der Waals surface area contributed by atoms with Crippen molar-refractivity contribution in [2.24, 2.45) is 0 Å². The number of rotatable bonds is 4. The van der Waals surface area contributed by atoms with E-state index in [9.17, 15) is 0 Å². The molecule has 0 radical (unpaired) electrons. The van der Waals surface area contributed by atoms with Gasteiger partial charge in [-0.25, -0.2) is 9.97 Å². The van der Waals surface area contributed by atoms with E-state index in [0.29, 0.717) is 23.3 Å². The molecule has 0 spiro atoms.